The van der Waals surface area contributed by atoms with Crippen LogP contribution in [0, 0.1) is 0 Å². The Bertz CT molecular complexity index is 951. The number of carbonyl (C=O) groups is 2. The smallest absolute Gasteiger partial charge is 0.413 e. The molecule has 152 valence electrons. The molecule has 0 radical (unpaired) electrons. The summed E-state index contributed by atoms with van der Waals surface area (Å²) in [6, 6.07) is 0. The van der Waals surface area contributed by atoms with Crippen LogP contribution in [0.15, 0.2) is 9.95 Å². The highest BCUT2D eigenvalue weighted by atomic mass is 32.2. The number of unbranched alkanes of at least 4 members (excludes halogenated alkanes) is 2. The third-order valence-electron chi connectivity index (χ3n) is 4.84. The number of thioether (sulfide) groups is 1. The lowest BCUT2D eigenvalue weighted by Crippen LogP contribution is -2.36. The molecule has 1 N–H and O–H groups in total. The Morgan fingerprint density at radius 3 is 2.86 bits per heavy atom. The van der Waals surface area contributed by atoms with E-state index in [0.717, 1.165) is 54.3 Å². The molecule has 9 heteroatoms. The van der Waals surface area contributed by atoms with Crippen LogP contribution in [0.4, 0.5) is 4.79 Å². The van der Waals surface area contributed by atoms with Crippen molar-refractivity contribution in [1.82, 2.24) is 14.9 Å². The van der Waals surface area contributed by atoms with Crippen molar-refractivity contribution < 1.29 is 14.3 Å². The van der Waals surface area contributed by atoms with Crippen molar-refractivity contribution in [3.05, 3.63) is 20.8 Å². The van der Waals surface area contributed by atoms with Gasteiger partial charge in [-0.1, -0.05) is 31.5 Å². The first-order valence-corrected chi connectivity index (χ1v) is 11.3. The molecule has 0 spiro atoms. The maximum atomic E-state index is 13.3. The zero-order valence-electron chi connectivity index (χ0n) is 16.4. The lowest BCUT2D eigenvalue weighted by atomic mass is 10.2. The monoisotopic (exact) mass is 423 g/mol. The second kappa shape index (κ2) is 9.09. The Kier molecular flexibility index (Phi) is 6.77. The maximum absolute atomic E-state index is 13.3. The SMILES string of the molecule is CCCCCn1c(S[C@H](C)C(=O)NC(=O)OC)nc2sc3c(c2c1=O)CCC3. The van der Waals surface area contributed by atoms with Crippen molar-refractivity contribution in [2.24, 2.45) is 0 Å². The van der Waals surface area contributed by atoms with Crippen molar-refractivity contribution in [3.8, 4) is 0 Å². The first kappa shape index (κ1) is 20.9. The number of alkyl carbamates (subject to hydrolysis) is 1. The van der Waals surface area contributed by atoms with E-state index in [4.69, 9.17) is 4.98 Å². The van der Waals surface area contributed by atoms with Gasteiger partial charge >= 0.3 is 6.09 Å². The number of hydrogen-bond acceptors (Lipinski definition) is 7. The molecular formula is C19H25N3O4S2. The van der Waals surface area contributed by atoms with Crippen LogP contribution in [0.5, 0.6) is 0 Å². The highest BCUT2D eigenvalue weighted by Gasteiger charge is 2.25. The molecule has 0 unspecified atom stereocenters. The molecule has 0 saturated heterocycles. The number of ether oxygens (including phenoxy) is 1. The van der Waals surface area contributed by atoms with Gasteiger partial charge in [-0.15, -0.1) is 11.3 Å². The van der Waals surface area contributed by atoms with Crippen LogP contribution in [0.1, 0.15) is 50.0 Å². The van der Waals surface area contributed by atoms with Gasteiger partial charge in [-0.05, 0) is 38.2 Å². The molecule has 0 aromatic carbocycles. The molecule has 28 heavy (non-hydrogen) atoms. The Hall–Kier alpha value is -1.87. The third-order valence-corrected chi connectivity index (χ3v) is 7.11. The number of nitrogens with zero attached hydrogens (tertiary/aromatic N) is 2. The fourth-order valence-electron chi connectivity index (χ4n) is 3.33. The van der Waals surface area contributed by atoms with Gasteiger partial charge < -0.3 is 4.74 Å². The van der Waals surface area contributed by atoms with Crippen LogP contribution in [0.2, 0.25) is 0 Å². The average Bonchev–Trinajstić information content (AvgIpc) is 3.24. The van der Waals surface area contributed by atoms with Crippen LogP contribution in [0.25, 0.3) is 10.2 Å². The molecule has 3 rings (SSSR count). The lowest BCUT2D eigenvalue weighted by Gasteiger charge is -2.15. The largest absolute Gasteiger partial charge is 0.453 e. The summed E-state index contributed by atoms with van der Waals surface area (Å²) in [6.45, 7) is 4.38. The normalized spacial score (nSPS) is 14.1. The van der Waals surface area contributed by atoms with Gasteiger partial charge in [0.15, 0.2) is 5.16 Å². The van der Waals surface area contributed by atoms with Crippen LogP contribution in [0.3, 0.4) is 0 Å². The van der Waals surface area contributed by atoms with Gasteiger partial charge in [-0.25, -0.2) is 9.78 Å². The molecule has 1 aliphatic carbocycles. The summed E-state index contributed by atoms with van der Waals surface area (Å²) in [5.74, 6) is -0.472. The van der Waals surface area contributed by atoms with E-state index < -0.39 is 17.3 Å². The summed E-state index contributed by atoms with van der Waals surface area (Å²) in [4.78, 5) is 43.5. The zero-order valence-corrected chi connectivity index (χ0v) is 18.0. The van der Waals surface area contributed by atoms with Gasteiger partial charge in [-0.2, -0.15) is 0 Å². The molecule has 0 bridgehead atoms. The molecule has 0 aliphatic heterocycles. The Morgan fingerprint density at radius 1 is 1.36 bits per heavy atom. The van der Waals surface area contributed by atoms with E-state index in [1.54, 1.807) is 22.8 Å². The second-order valence-corrected chi connectivity index (χ2v) is 9.23. The van der Waals surface area contributed by atoms with E-state index in [2.05, 4.69) is 17.0 Å². The van der Waals surface area contributed by atoms with Crippen LogP contribution >= 0.6 is 23.1 Å². The first-order chi connectivity index (χ1) is 13.5. The fourth-order valence-corrected chi connectivity index (χ4v) is 5.57. The summed E-state index contributed by atoms with van der Waals surface area (Å²) in [7, 11) is 1.21. The number of carbonyl (C=O) groups excluding carboxylic acids is 2. The Labute approximate surface area is 171 Å². The molecule has 0 fully saturated rings. The van der Waals surface area contributed by atoms with Crippen LogP contribution in [-0.2, 0) is 28.9 Å². The van der Waals surface area contributed by atoms with Crippen molar-refractivity contribution in [2.75, 3.05) is 7.11 Å². The summed E-state index contributed by atoms with van der Waals surface area (Å²) >= 11 is 2.79. The van der Waals surface area contributed by atoms with E-state index in [1.165, 1.54) is 23.7 Å². The van der Waals surface area contributed by atoms with Gasteiger partial charge in [0, 0.05) is 11.4 Å². The highest BCUT2D eigenvalue weighted by molar-refractivity contribution is 8.00. The minimum atomic E-state index is -0.795. The molecule has 2 amide bonds. The van der Waals surface area contributed by atoms with Crippen LogP contribution < -0.4 is 10.9 Å². The highest BCUT2D eigenvalue weighted by Crippen LogP contribution is 2.36. The summed E-state index contributed by atoms with van der Waals surface area (Å²) < 4.78 is 6.18. The maximum Gasteiger partial charge on any atom is 0.413 e. The fraction of sp³-hybridized carbons (Fsp3) is 0.579. The second-order valence-electron chi connectivity index (χ2n) is 6.84. The van der Waals surface area contributed by atoms with E-state index >= 15 is 0 Å². The number of nitrogens with one attached hydrogen (secondary N) is 1. The predicted octanol–water partition coefficient (Wildman–Crippen LogP) is 3.50. The topological polar surface area (TPSA) is 90.3 Å². The first-order valence-electron chi connectivity index (χ1n) is 9.56. The summed E-state index contributed by atoms with van der Waals surface area (Å²) in [6.07, 6.45) is 5.20. The van der Waals surface area contributed by atoms with E-state index in [9.17, 15) is 14.4 Å². The van der Waals surface area contributed by atoms with E-state index in [1.807, 2.05) is 0 Å². The quantitative estimate of drug-likeness (QED) is 0.416. The van der Waals surface area contributed by atoms with Crippen LogP contribution in [-0.4, -0.2) is 33.9 Å². The van der Waals surface area contributed by atoms with Gasteiger partial charge in [0.05, 0.1) is 17.7 Å². The minimum absolute atomic E-state index is 0.0106. The number of methoxy groups -OCH3 is 1. The van der Waals surface area contributed by atoms with Gasteiger partial charge in [-0.3, -0.25) is 19.5 Å². The lowest BCUT2D eigenvalue weighted by molar-refractivity contribution is -0.119. The summed E-state index contributed by atoms with van der Waals surface area (Å²) in [5, 5.41) is 2.86. The van der Waals surface area contributed by atoms with Crippen molar-refractivity contribution in [3.63, 3.8) is 0 Å². The molecular weight excluding hydrogens is 398 g/mol. The van der Waals surface area contributed by atoms with Gasteiger partial charge in [0.25, 0.3) is 5.56 Å². The number of hydrogen-bond donors (Lipinski definition) is 1. The van der Waals surface area contributed by atoms with Gasteiger partial charge in [0.2, 0.25) is 5.91 Å². The number of thiophene rings is 1. The van der Waals surface area contributed by atoms with Crippen molar-refractivity contribution in [2.45, 2.75) is 69.3 Å². The zero-order chi connectivity index (χ0) is 20.3. The number of amides is 2. The molecule has 1 aliphatic rings. The molecule has 7 nitrogen and oxygen atoms in total. The average molecular weight is 424 g/mol. The Morgan fingerprint density at radius 2 is 2.14 bits per heavy atom. The molecule has 2 aromatic heterocycles. The molecule has 1 atom stereocenters. The Balaban J connectivity index is 1.95. The van der Waals surface area contributed by atoms with E-state index in [-0.39, 0.29) is 5.56 Å². The number of aromatic nitrogens is 2. The van der Waals surface area contributed by atoms with Gasteiger partial charge in [0.1, 0.15) is 4.83 Å². The summed E-state index contributed by atoms with van der Waals surface area (Å²) in [5.41, 5.74) is 1.15. The number of fused-ring (bicyclic) bond motifs is 3. The standard InChI is InChI=1S/C19H25N3O4S2/c1-4-5-6-10-22-17(24)14-12-8-7-9-13(12)28-16(14)21-18(22)27-11(2)15(23)20-19(25)26-3/h11H,4-10H2,1-3H3,(H,20,23,25)/t11-/m1/s1. The number of imide groups is 1. The minimum Gasteiger partial charge on any atom is -0.453 e. The molecule has 2 heterocycles. The molecule has 0 saturated carbocycles. The number of aryl methyl sites for hydroxylation is 2. The van der Waals surface area contributed by atoms with Crippen molar-refractivity contribution in [1.29, 1.82) is 0 Å². The number of rotatable bonds is 7. The van der Waals surface area contributed by atoms with E-state index in [0.29, 0.717) is 11.7 Å². The van der Waals surface area contributed by atoms with Crippen molar-refractivity contribution >= 4 is 45.3 Å². The predicted molar refractivity (Wildman–Crippen MR) is 111 cm³/mol. The molecule has 2 aromatic rings. The third kappa shape index (κ3) is 4.25.